The molecular weight excluding hydrogens is 268 g/mol. The molecule has 0 unspecified atom stereocenters. The van der Waals surface area contributed by atoms with E-state index in [9.17, 15) is 5.11 Å². The molecule has 19 heavy (non-hydrogen) atoms. The molecule has 1 aromatic carbocycles. The SMILES string of the molecule is CN(C)c1nc(Cl)nc(Oc2ccccc2CO)n1. The summed E-state index contributed by atoms with van der Waals surface area (Å²) in [6.45, 7) is -0.129. The number of hydrogen-bond donors (Lipinski definition) is 1. The molecule has 2 aromatic rings. The van der Waals surface area contributed by atoms with Crippen LogP contribution in [-0.4, -0.2) is 34.2 Å². The third-order valence-corrected chi connectivity index (χ3v) is 2.49. The molecule has 2 rings (SSSR count). The first kappa shape index (κ1) is 13.5. The average molecular weight is 281 g/mol. The van der Waals surface area contributed by atoms with Gasteiger partial charge in [0.25, 0.3) is 0 Å². The van der Waals surface area contributed by atoms with Gasteiger partial charge < -0.3 is 14.7 Å². The number of halogens is 1. The lowest BCUT2D eigenvalue weighted by Gasteiger charge is -2.12. The molecule has 1 N–H and O–H groups in total. The van der Waals surface area contributed by atoms with Gasteiger partial charge in [-0.25, -0.2) is 0 Å². The Bertz CT molecular complexity index is 577. The highest BCUT2D eigenvalue weighted by atomic mass is 35.5. The molecular formula is C12H13ClN4O2. The van der Waals surface area contributed by atoms with Crippen LogP contribution in [0.25, 0.3) is 0 Å². The topological polar surface area (TPSA) is 71.4 Å². The van der Waals surface area contributed by atoms with E-state index in [4.69, 9.17) is 16.3 Å². The molecule has 0 spiro atoms. The molecule has 0 amide bonds. The fraction of sp³-hybridized carbons (Fsp3) is 0.250. The van der Waals surface area contributed by atoms with Crippen LogP contribution in [0.4, 0.5) is 5.95 Å². The largest absolute Gasteiger partial charge is 0.424 e. The Balaban J connectivity index is 2.32. The zero-order valence-electron chi connectivity index (χ0n) is 10.5. The maximum atomic E-state index is 9.23. The van der Waals surface area contributed by atoms with Crippen LogP contribution in [0.1, 0.15) is 5.56 Å². The lowest BCUT2D eigenvalue weighted by molar-refractivity contribution is 0.275. The van der Waals surface area contributed by atoms with E-state index in [1.807, 2.05) is 6.07 Å². The zero-order valence-corrected chi connectivity index (χ0v) is 11.3. The van der Waals surface area contributed by atoms with Crippen molar-refractivity contribution < 1.29 is 9.84 Å². The lowest BCUT2D eigenvalue weighted by Crippen LogP contribution is -2.13. The van der Waals surface area contributed by atoms with Gasteiger partial charge in [0.05, 0.1) is 6.61 Å². The molecule has 7 heteroatoms. The molecule has 100 valence electrons. The minimum atomic E-state index is -0.129. The molecule has 0 fully saturated rings. The van der Waals surface area contributed by atoms with E-state index in [1.54, 1.807) is 37.2 Å². The summed E-state index contributed by atoms with van der Waals surface area (Å²) >= 11 is 5.82. The van der Waals surface area contributed by atoms with E-state index in [-0.39, 0.29) is 17.9 Å². The van der Waals surface area contributed by atoms with Gasteiger partial charge in [0.2, 0.25) is 11.2 Å². The summed E-state index contributed by atoms with van der Waals surface area (Å²) < 4.78 is 5.54. The molecule has 0 saturated carbocycles. The van der Waals surface area contributed by atoms with Crippen molar-refractivity contribution in [1.82, 2.24) is 15.0 Å². The molecule has 0 aliphatic heterocycles. The minimum absolute atomic E-state index is 0.0511. The fourth-order valence-corrected chi connectivity index (χ4v) is 1.55. The summed E-state index contributed by atoms with van der Waals surface area (Å²) in [5.74, 6) is 0.883. The molecule has 1 heterocycles. The lowest BCUT2D eigenvalue weighted by atomic mass is 10.2. The number of aromatic nitrogens is 3. The highest BCUT2D eigenvalue weighted by molar-refractivity contribution is 6.28. The van der Waals surface area contributed by atoms with Crippen LogP contribution in [0, 0.1) is 0 Å². The Morgan fingerprint density at radius 3 is 2.63 bits per heavy atom. The summed E-state index contributed by atoms with van der Waals surface area (Å²) in [5.41, 5.74) is 0.644. The summed E-state index contributed by atoms with van der Waals surface area (Å²) in [6.07, 6.45) is 0. The van der Waals surface area contributed by atoms with Crippen LogP contribution in [0.2, 0.25) is 5.28 Å². The van der Waals surface area contributed by atoms with Crippen molar-refractivity contribution in [3.05, 3.63) is 35.1 Å². The van der Waals surface area contributed by atoms with Crippen molar-refractivity contribution in [1.29, 1.82) is 0 Å². The van der Waals surface area contributed by atoms with E-state index in [0.29, 0.717) is 17.3 Å². The molecule has 0 aliphatic carbocycles. The van der Waals surface area contributed by atoms with Crippen molar-refractivity contribution in [3.8, 4) is 11.8 Å². The van der Waals surface area contributed by atoms with Crippen LogP contribution in [0.3, 0.4) is 0 Å². The third-order valence-electron chi connectivity index (χ3n) is 2.32. The van der Waals surface area contributed by atoms with Crippen molar-refractivity contribution >= 4 is 17.5 Å². The van der Waals surface area contributed by atoms with Crippen molar-refractivity contribution in [2.75, 3.05) is 19.0 Å². The quantitative estimate of drug-likeness (QED) is 0.922. The molecule has 1 aromatic heterocycles. The number of rotatable bonds is 4. The van der Waals surface area contributed by atoms with Gasteiger partial charge in [0.15, 0.2) is 0 Å². The van der Waals surface area contributed by atoms with Gasteiger partial charge in [-0.1, -0.05) is 18.2 Å². The first-order valence-electron chi connectivity index (χ1n) is 5.55. The standard InChI is InChI=1S/C12H13ClN4O2/c1-17(2)11-14-10(13)15-12(16-11)19-9-6-4-3-5-8(9)7-18/h3-6,18H,7H2,1-2H3. The van der Waals surface area contributed by atoms with Crippen LogP contribution in [0.15, 0.2) is 24.3 Å². The molecule has 0 bridgehead atoms. The van der Waals surface area contributed by atoms with Gasteiger partial charge in [-0.15, -0.1) is 0 Å². The first-order valence-corrected chi connectivity index (χ1v) is 5.93. The molecule has 0 atom stereocenters. The van der Waals surface area contributed by atoms with Gasteiger partial charge in [0, 0.05) is 19.7 Å². The second-order valence-electron chi connectivity index (χ2n) is 3.95. The Kier molecular flexibility index (Phi) is 4.13. The highest BCUT2D eigenvalue weighted by Crippen LogP contribution is 2.24. The van der Waals surface area contributed by atoms with Crippen molar-refractivity contribution in [2.24, 2.45) is 0 Å². The number of benzene rings is 1. The van der Waals surface area contributed by atoms with E-state index in [2.05, 4.69) is 15.0 Å². The maximum Gasteiger partial charge on any atom is 0.328 e. The van der Waals surface area contributed by atoms with Crippen LogP contribution < -0.4 is 9.64 Å². The number of nitrogens with zero attached hydrogens (tertiary/aromatic N) is 4. The third kappa shape index (κ3) is 3.30. The van der Waals surface area contributed by atoms with Gasteiger partial charge in [0.1, 0.15) is 5.75 Å². The number of anilines is 1. The van der Waals surface area contributed by atoms with Crippen LogP contribution >= 0.6 is 11.6 Å². The zero-order chi connectivity index (χ0) is 13.8. The van der Waals surface area contributed by atoms with Gasteiger partial charge >= 0.3 is 6.01 Å². The van der Waals surface area contributed by atoms with Gasteiger partial charge in [-0.05, 0) is 17.7 Å². The fourth-order valence-electron chi connectivity index (χ4n) is 1.40. The van der Waals surface area contributed by atoms with Crippen LogP contribution in [-0.2, 0) is 6.61 Å². The number of aliphatic hydroxyl groups is 1. The predicted molar refractivity (Wildman–Crippen MR) is 71.6 cm³/mol. The number of hydrogen-bond acceptors (Lipinski definition) is 6. The summed E-state index contributed by atoms with van der Waals surface area (Å²) in [5, 5.41) is 9.28. The van der Waals surface area contributed by atoms with E-state index < -0.39 is 0 Å². The monoisotopic (exact) mass is 280 g/mol. The summed E-state index contributed by atoms with van der Waals surface area (Å²) in [7, 11) is 3.58. The molecule has 0 saturated heterocycles. The van der Waals surface area contributed by atoms with Gasteiger partial charge in [-0.2, -0.15) is 15.0 Å². The first-order chi connectivity index (χ1) is 9.10. The van der Waals surface area contributed by atoms with Crippen LogP contribution in [0.5, 0.6) is 11.8 Å². The Morgan fingerprint density at radius 2 is 1.95 bits per heavy atom. The maximum absolute atomic E-state index is 9.23. The molecule has 0 aliphatic rings. The minimum Gasteiger partial charge on any atom is -0.424 e. The van der Waals surface area contributed by atoms with E-state index in [1.165, 1.54) is 0 Å². The normalized spacial score (nSPS) is 10.3. The number of aliphatic hydroxyl groups excluding tert-OH is 1. The molecule has 0 radical (unpaired) electrons. The summed E-state index contributed by atoms with van der Waals surface area (Å²) in [4.78, 5) is 13.7. The second kappa shape index (κ2) is 5.81. The average Bonchev–Trinajstić information content (AvgIpc) is 2.38. The number of para-hydroxylation sites is 1. The predicted octanol–water partition coefficient (Wildman–Crippen LogP) is 1.88. The number of ether oxygens (including phenoxy) is 1. The Hall–Kier alpha value is -1.92. The Labute approximate surface area is 115 Å². The van der Waals surface area contributed by atoms with Crippen molar-refractivity contribution in [2.45, 2.75) is 6.61 Å². The smallest absolute Gasteiger partial charge is 0.328 e. The van der Waals surface area contributed by atoms with Gasteiger partial charge in [-0.3, -0.25) is 0 Å². The van der Waals surface area contributed by atoms with E-state index in [0.717, 1.165) is 0 Å². The highest BCUT2D eigenvalue weighted by Gasteiger charge is 2.10. The Morgan fingerprint density at radius 1 is 1.21 bits per heavy atom. The van der Waals surface area contributed by atoms with E-state index >= 15 is 0 Å². The van der Waals surface area contributed by atoms with Crippen molar-refractivity contribution in [3.63, 3.8) is 0 Å². The molecule has 6 nitrogen and oxygen atoms in total. The summed E-state index contributed by atoms with van der Waals surface area (Å²) in [6, 6.07) is 7.17. The second-order valence-corrected chi connectivity index (χ2v) is 4.29.